The third-order valence-electron chi connectivity index (χ3n) is 4.31. The fraction of sp³-hybridized carbons (Fsp3) is 0.278. The number of nitrogens with one attached hydrogen (secondary N) is 1. The fourth-order valence-corrected chi connectivity index (χ4v) is 4.58. The number of ether oxygens (including phenoxy) is 1. The van der Waals surface area contributed by atoms with Crippen molar-refractivity contribution >= 4 is 27.3 Å². The first kappa shape index (κ1) is 18.2. The normalized spacial score (nSPS) is 15.0. The van der Waals surface area contributed by atoms with Gasteiger partial charge in [0, 0.05) is 30.5 Å². The van der Waals surface area contributed by atoms with Crippen LogP contribution in [0.5, 0.6) is 5.75 Å². The van der Waals surface area contributed by atoms with Crippen molar-refractivity contribution < 1.29 is 17.9 Å². The van der Waals surface area contributed by atoms with Gasteiger partial charge in [-0.3, -0.25) is 4.79 Å². The third kappa shape index (κ3) is 3.51. The number of nitrogen functional groups attached to an aromatic ring is 1. The summed E-state index contributed by atoms with van der Waals surface area (Å²) in [6.45, 7) is 1.02. The number of carbonyl (C=O) groups is 1. The van der Waals surface area contributed by atoms with Crippen LogP contribution in [0.2, 0.25) is 0 Å². The number of hydrogen-bond acceptors (Lipinski definition) is 5. The lowest BCUT2D eigenvalue weighted by atomic mass is 10.1. The second-order valence-electron chi connectivity index (χ2n) is 6.02. The number of anilines is 2. The van der Waals surface area contributed by atoms with Gasteiger partial charge >= 0.3 is 0 Å². The molecule has 0 spiro atoms. The van der Waals surface area contributed by atoms with Crippen LogP contribution in [0.3, 0.4) is 0 Å². The van der Waals surface area contributed by atoms with E-state index in [0.29, 0.717) is 30.0 Å². The lowest BCUT2D eigenvalue weighted by molar-refractivity contribution is 0.102. The summed E-state index contributed by atoms with van der Waals surface area (Å²) in [4.78, 5) is 12.5. The Kier molecular flexibility index (Phi) is 5.15. The van der Waals surface area contributed by atoms with Crippen LogP contribution in [-0.4, -0.2) is 38.8 Å². The van der Waals surface area contributed by atoms with Crippen molar-refractivity contribution in [1.82, 2.24) is 4.31 Å². The zero-order chi connectivity index (χ0) is 18.7. The standard InChI is InChI=1S/C18H21N3O4S/c1-25-16-12-13(20-18(22)14-6-2-3-7-15(14)19)8-9-17(16)26(23,24)21-10-4-5-11-21/h2-3,6-9,12H,4-5,10-11,19H2,1H3,(H,20,22). The highest BCUT2D eigenvalue weighted by atomic mass is 32.2. The van der Waals surface area contributed by atoms with Gasteiger partial charge in [0.05, 0.1) is 12.7 Å². The van der Waals surface area contributed by atoms with Crippen LogP contribution in [-0.2, 0) is 10.0 Å². The van der Waals surface area contributed by atoms with E-state index in [4.69, 9.17) is 10.5 Å². The summed E-state index contributed by atoms with van der Waals surface area (Å²) < 4.78 is 32.2. The Labute approximate surface area is 152 Å². The van der Waals surface area contributed by atoms with Gasteiger partial charge in [0.1, 0.15) is 10.6 Å². The van der Waals surface area contributed by atoms with Crippen molar-refractivity contribution in [3.05, 3.63) is 48.0 Å². The molecule has 0 radical (unpaired) electrons. The molecular formula is C18H21N3O4S. The summed E-state index contributed by atoms with van der Waals surface area (Å²) in [6, 6.07) is 11.2. The van der Waals surface area contributed by atoms with Crippen LogP contribution < -0.4 is 15.8 Å². The molecule has 2 aromatic carbocycles. The van der Waals surface area contributed by atoms with Crippen LogP contribution in [0, 0.1) is 0 Å². The average Bonchev–Trinajstić information content (AvgIpc) is 3.17. The Morgan fingerprint density at radius 2 is 1.85 bits per heavy atom. The SMILES string of the molecule is COc1cc(NC(=O)c2ccccc2N)ccc1S(=O)(=O)N1CCCC1. The molecule has 26 heavy (non-hydrogen) atoms. The number of hydrogen-bond donors (Lipinski definition) is 2. The van der Waals surface area contributed by atoms with Crippen LogP contribution in [0.4, 0.5) is 11.4 Å². The Morgan fingerprint density at radius 1 is 1.15 bits per heavy atom. The van der Waals surface area contributed by atoms with E-state index in [9.17, 15) is 13.2 Å². The minimum Gasteiger partial charge on any atom is -0.495 e. The summed E-state index contributed by atoms with van der Waals surface area (Å²) in [6.07, 6.45) is 1.71. The highest BCUT2D eigenvalue weighted by molar-refractivity contribution is 7.89. The summed E-state index contributed by atoms with van der Waals surface area (Å²) in [5.41, 5.74) is 6.95. The second-order valence-corrected chi connectivity index (χ2v) is 7.92. The zero-order valence-corrected chi connectivity index (χ0v) is 15.3. The number of nitrogens with two attached hydrogens (primary N) is 1. The summed E-state index contributed by atoms with van der Waals surface area (Å²) >= 11 is 0. The molecule has 1 aliphatic rings. The molecular weight excluding hydrogens is 354 g/mol. The Balaban J connectivity index is 1.87. The third-order valence-corrected chi connectivity index (χ3v) is 6.25. The van der Waals surface area contributed by atoms with Crippen LogP contribution in [0.1, 0.15) is 23.2 Å². The van der Waals surface area contributed by atoms with E-state index in [1.165, 1.54) is 23.5 Å². The molecule has 0 bridgehead atoms. The molecule has 7 nitrogen and oxygen atoms in total. The van der Waals surface area contributed by atoms with E-state index >= 15 is 0 Å². The number of amides is 1. The minimum absolute atomic E-state index is 0.0964. The van der Waals surface area contributed by atoms with E-state index < -0.39 is 10.0 Å². The highest BCUT2D eigenvalue weighted by Crippen LogP contribution is 2.31. The fourth-order valence-electron chi connectivity index (χ4n) is 2.93. The van der Waals surface area contributed by atoms with Gasteiger partial charge < -0.3 is 15.8 Å². The topological polar surface area (TPSA) is 102 Å². The zero-order valence-electron chi connectivity index (χ0n) is 14.4. The van der Waals surface area contributed by atoms with Crippen molar-refractivity contribution in [2.75, 3.05) is 31.2 Å². The molecule has 138 valence electrons. The van der Waals surface area contributed by atoms with Crippen molar-refractivity contribution in [2.45, 2.75) is 17.7 Å². The molecule has 0 atom stereocenters. The number of carbonyl (C=O) groups excluding carboxylic acids is 1. The van der Waals surface area contributed by atoms with Gasteiger partial charge in [-0.05, 0) is 37.1 Å². The van der Waals surface area contributed by atoms with Crippen molar-refractivity contribution in [3.8, 4) is 5.75 Å². The first-order chi connectivity index (χ1) is 12.4. The predicted octanol–water partition coefficient (Wildman–Crippen LogP) is 2.31. The molecule has 1 saturated heterocycles. The van der Waals surface area contributed by atoms with E-state index in [0.717, 1.165) is 12.8 Å². The van der Waals surface area contributed by atoms with Gasteiger partial charge in [-0.2, -0.15) is 4.31 Å². The predicted molar refractivity (Wildman–Crippen MR) is 99.8 cm³/mol. The maximum atomic E-state index is 12.8. The highest BCUT2D eigenvalue weighted by Gasteiger charge is 2.30. The maximum Gasteiger partial charge on any atom is 0.257 e. The Hall–Kier alpha value is -2.58. The molecule has 0 unspecified atom stereocenters. The molecule has 1 amide bonds. The summed E-state index contributed by atoms with van der Waals surface area (Å²) in [7, 11) is -2.21. The van der Waals surface area contributed by atoms with E-state index in [1.807, 2.05) is 0 Å². The molecule has 0 saturated carbocycles. The first-order valence-electron chi connectivity index (χ1n) is 8.27. The number of benzene rings is 2. The Bertz CT molecular complexity index is 922. The van der Waals surface area contributed by atoms with Crippen molar-refractivity contribution in [1.29, 1.82) is 0 Å². The number of methoxy groups -OCH3 is 1. The van der Waals surface area contributed by atoms with E-state index in [-0.39, 0.29) is 16.6 Å². The van der Waals surface area contributed by atoms with Crippen molar-refractivity contribution in [2.24, 2.45) is 0 Å². The van der Waals surface area contributed by atoms with Crippen LogP contribution >= 0.6 is 0 Å². The Morgan fingerprint density at radius 3 is 2.50 bits per heavy atom. The lowest BCUT2D eigenvalue weighted by Crippen LogP contribution is -2.28. The van der Waals surface area contributed by atoms with Gasteiger partial charge in [0.15, 0.2) is 0 Å². The summed E-state index contributed by atoms with van der Waals surface area (Å²) in [5, 5.41) is 2.71. The molecule has 1 fully saturated rings. The van der Waals surface area contributed by atoms with Crippen molar-refractivity contribution in [3.63, 3.8) is 0 Å². The molecule has 3 N–H and O–H groups in total. The lowest BCUT2D eigenvalue weighted by Gasteiger charge is -2.18. The second kappa shape index (κ2) is 7.35. The van der Waals surface area contributed by atoms with Crippen LogP contribution in [0.25, 0.3) is 0 Å². The number of sulfonamides is 1. The average molecular weight is 375 g/mol. The maximum absolute atomic E-state index is 12.8. The minimum atomic E-state index is -3.61. The van der Waals surface area contributed by atoms with Gasteiger partial charge in [0.2, 0.25) is 10.0 Å². The molecule has 3 rings (SSSR count). The van der Waals surface area contributed by atoms with Gasteiger partial charge in [-0.1, -0.05) is 12.1 Å². The first-order valence-corrected chi connectivity index (χ1v) is 9.71. The van der Waals surface area contributed by atoms with Gasteiger partial charge in [0.25, 0.3) is 5.91 Å². The molecule has 2 aromatic rings. The number of nitrogens with zero attached hydrogens (tertiary/aromatic N) is 1. The van der Waals surface area contributed by atoms with Gasteiger partial charge in [-0.15, -0.1) is 0 Å². The monoisotopic (exact) mass is 375 g/mol. The molecule has 1 aliphatic heterocycles. The van der Waals surface area contributed by atoms with Crippen LogP contribution in [0.15, 0.2) is 47.4 Å². The van der Waals surface area contributed by atoms with E-state index in [2.05, 4.69) is 5.32 Å². The largest absolute Gasteiger partial charge is 0.495 e. The smallest absolute Gasteiger partial charge is 0.257 e. The number of rotatable bonds is 5. The van der Waals surface area contributed by atoms with Gasteiger partial charge in [-0.25, -0.2) is 8.42 Å². The number of para-hydroxylation sites is 1. The quantitative estimate of drug-likeness (QED) is 0.781. The molecule has 8 heteroatoms. The molecule has 0 aromatic heterocycles. The van der Waals surface area contributed by atoms with E-state index in [1.54, 1.807) is 30.3 Å². The molecule has 0 aliphatic carbocycles. The summed E-state index contributed by atoms with van der Waals surface area (Å²) in [5.74, 6) is -0.184. The molecule has 1 heterocycles.